The van der Waals surface area contributed by atoms with Gasteiger partial charge in [-0.25, -0.2) is 10.2 Å². The molecular weight excluding hydrogens is 232 g/mol. The van der Waals surface area contributed by atoms with Crippen molar-refractivity contribution in [3.63, 3.8) is 0 Å². The van der Waals surface area contributed by atoms with E-state index in [1.807, 2.05) is 39.0 Å². The van der Waals surface area contributed by atoms with Gasteiger partial charge in [0.25, 0.3) is 0 Å². The summed E-state index contributed by atoms with van der Waals surface area (Å²) < 4.78 is 5.12. The van der Waals surface area contributed by atoms with Gasteiger partial charge in [-0.15, -0.1) is 0 Å². The van der Waals surface area contributed by atoms with Crippen LogP contribution >= 0.6 is 0 Å². The Kier molecular flexibility index (Phi) is 3.10. The molecule has 1 aromatic heterocycles. The predicted molar refractivity (Wildman–Crippen MR) is 69.1 cm³/mol. The van der Waals surface area contributed by atoms with E-state index < -0.39 is 11.7 Å². The number of rotatable bonds is 2. The molecule has 3 N–H and O–H groups in total. The van der Waals surface area contributed by atoms with Gasteiger partial charge in [0.05, 0.1) is 17.4 Å². The molecule has 0 radical (unpaired) electrons. The molecule has 0 unspecified atom stereocenters. The van der Waals surface area contributed by atoms with Crippen molar-refractivity contribution in [1.82, 2.24) is 15.6 Å². The number of hydrazine groups is 1. The van der Waals surface area contributed by atoms with Crippen LogP contribution in [0.15, 0.2) is 24.4 Å². The van der Waals surface area contributed by atoms with E-state index in [1.54, 1.807) is 6.20 Å². The third-order valence-corrected chi connectivity index (χ3v) is 2.18. The van der Waals surface area contributed by atoms with Gasteiger partial charge in [-0.2, -0.15) is 5.10 Å². The predicted octanol–water partition coefficient (Wildman–Crippen LogP) is 2.41. The molecule has 0 aliphatic heterocycles. The second-order valence-corrected chi connectivity index (χ2v) is 4.89. The van der Waals surface area contributed by atoms with Gasteiger partial charge in [-0.1, -0.05) is 6.07 Å². The number of nitrogens with one attached hydrogen (secondary N) is 3. The molecule has 1 amide bonds. The summed E-state index contributed by atoms with van der Waals surface area (Å²) in [6.45, 7) is 5.43. The summed E-state index contributed by atoms with van der Waals surface area (Å²) in [7, 11) is 0. The average molecular weight is 248 g/mol. The molecule has 0 bridgehead atoms. The molecule has 0 fully saturated rings. The van der Waals surface area contributed by atoms with E-state index >= 15 is 0 Å². The first-order valence-electron chi connectivity index (χ1n) is 5.63. The van der Waals surface area contributed by atoms with Crippen LogP contribution in [-0.2, 0) is 4.74 Å². The Balaban J connectivity index is 2.02. The molecule has 0 aliphatic carbocycles. The average Bonchev–Trinajstić information content (AvgIpc) is 2.72. The lowest BCUT2D eigenvalue weighted by molar-refractivity contribution is 0.0541. The van der Waals surface area contributed by atoms with E-state index in [9.17, 15) is 4.79 Å². The Labute approximate surface area is 105 Å². The first kappa shape index (κ1) is 12.2. The third kappa shape index (κ3) is 2.91. The van der Waals surface area contributed by atoms with Crippen molar-refractivity contribution in [2.45, 2.75) is 26.4 Å². The zero-order valence-corrected chi connectivity index (χ0v) is 10.6. The van der Waals surface area contributed by atoms with Gasteiger partial charge >= 0.3 is 6.09 Å². The maximum Gasteiger partial charge on any atom is 0.426 e. The molecule has 6 heteroatoms. The number of benzene rings is 1. The summed E-state index contributed by atoms with van der Waals surface area (Å²) in [4.78, 5) is 11.5. The number of amides is 1. The summed E-state index contributed by atoms with van der Waals surface area (Å²) >= 11 is 0. The fourth-order valence-electron chi connectivity index (χ4n) is 1.50. The quantitative estimate of drug-likeness (QED) is 0.713. The number of aromatic amines is 1. The molecule has 6 nitrogen and oxygen atoms in total. The van der Waals surface area contributed by atoms with Gasteiger partial charge in [-0.05, 0) is 32.9 Å². The Morgan fingerprint density at radius 1 is 1.39 bits per heavy atom. The molecule has 1 heterocycles. The van der Waals surface area contributed by atoms with Crippen molar-refractivity contribution in [2.75, 3.05) is 5.43 Å². The van der Waals surface area contributed by atoms with Crippen molar-refractivity contribution in [3.8, 4) is 0 Å². The largest absolute Gasteiger partial charge is 0.443 e. The number of fused-ring (bicyclic) bond motifs is 1. The number of nitrogens with zero attached hydrogens (tertiary/aromatic N) is 1. The molecule has 0 saturated carbocycles. The molecule has 2 aromatic rings. The molecule has 0 atom stereocenters. The molecule has 0 saturated heterocycles. The van der Waals surface area contributed by atoms with Gasteiger partial charge in [0.1, 0.15) is 5.60 Å². The summed E-state index contributed by atoms with van der Waals surface area (Å²) in [5.74, 6) is 0. The van der Waals surface area contributed by atoms with Gasteiger partial charge < -0.3 is 4.74 Å². The van der Waals surface area contributed by atoms with Crippen molar-refractivity contribution < 1.29 is 9.53 Å². The normalized spacial score (nSPS) is 11.3. The van der Waals surface area contributed by atoms with E-state index in [-0.39, 0.29) is 0 Å². The zero-order valence-electron chi connectivity index (χ0n) is 10.6. The Bertz CT molecular complexity index is 556. The number of aromatic nitrogens is 2. The molecule has 2 rings (SSSR count). The lowest BCUT2D eigenvalue weighted by Crippen LogP contribution is -2.35. The van der Waals surface area contributed by atoms with Gasteiger partial charge in [0.15, 0.2) is 0 Å². The fraction of sp³-hybridized carbons (Fsp3) is 0.333. The van der Waals surface area contributed by atoms with E-state index in [2.05, 4.69) is 21.0 Å². The van der Waals surface area contributed by atoms with Crippen LogP contribution in [-0.4, -0.2) is 21.9 Å². The highest BCUT2D eigenvalue weighted by molar-refractivity contribution is 5.91. The number of hydrogen-bond donors (Lipinski definition) is 3. The van der Waals surface area contributed by atoms with Crippen LogP contribution in [0.5, 0.6) is 0 Å². The highest BCUT2D eigenvalue weighted by Crippen LogP contribution is 2.20. The summed E-state index contributed by atoms with van der Waals surface area (Å²) in [5.41, 5.74) is 6.43. The Morgan fingerprint density at radius 3 is 2.89 bits per heavy atom. The van der Waals surface area contributed by atoms with Gasteiger partial charge in [-0.3, -0.25) is 10.5 Å². The monoisotopic (exact) mass is 248 g/mol. The first-order chi connectivity index (χ1) is 8.46. The molecule has 0 aliphatic rings. The van der Waals surface area contributed by atoms with Crippen LogP contribution in [0.3, 0.4) is 0 Å². The fourth-order valence-corrected chi connectivity index (χ4v) is 1.50. The number of carbonyl (C=O) groups excluding carboxylic acids is 1. The topological polar surface area (TPSA) is 79.0 Å². The number of H-pyrrole nitrogens is 1. The number of carbonyl (C=O) groups is 1. The minimum absolute atomic E-state index is 0.520. The second-order valence-electron chi connectivity index (χ2n) is 4.89. The molecule has 1 aromatic carbocycles. The standard InChI is InChI=1S/C12H16N4O2/c1-12(2,3)18-11(17)16-15-10-6-4-5-9-8(10)7-13-14-9/h4-7,15H,1-3H3,(H,13,14)(H,16,17). The lowest BCUT2D eigenvalue weighted by atomic mass is 10.2. The van der Waals surface area contributed by atoms with Crippen molar-refractivity contribution in [1.29, 1.82) is 0 Å². The van der Waals surface area contributed by atoms with Crippen LogP contribution in [0, 0.1) is 0 Å². The van der Waals surface area contributed by atoms with E-state index in [0.29, 0.717) is 0 Å². The van der Waals surface area contributed by atoms with Gasteiger partial charge in [0, 0.05) is 5.39 Å². The van der Waals surface area contributed by atoms with E-state index in [1.165, 1.54) is 0 Å². The first-order valence-corrected chi connectivity index (χ1v) is 5.63. The molecular formula is C12H16N4O2. The molecule has 96 valence electrons. The van der Waals surface area contributed by atoms with Crippen LogP contribution in [0.25, 0.3) is 10.9 Å². The van der Waals surface area contributed by atoms with Crippen LogP contribution < -0.4 is 10.9 Å². The zero-order chi connectivity index (χ0) is 13.2. The highest BCUT2D eigenvalue weighted by Gasteiger charge is 2.15. The SMILES string of the molecule is CC(C)(C)OC(=O)NNc1cccc2[nH]ncc12. The molecule has 0 spiro atoms. The Hall–Kier alpha value is -2.24. The maximum absolute atomic E-state index is 11.5. The van der Waals surface area contributed by atoms with E-state index in [0.717, 1.165) is 16.6 Å². The smallest absolute Gasteiger partial charge is 0.426 e. The third-order valence-electron chi connectivity index (χ3n) is 2.18. The highest BCUT2D eigenvalue weighted by atomic mass is 16.6. The Morgan fingerprint density at radius 2 is 2.17 bits per heavy atom. The molecule has 18 heavy (non-hydrogen) atoms. The van der Waals surface area contributed by atoms with Crippen molar-refractivity contribution in [2.24, 2.45) is 0 Å². The number of ether oxygens (including phenoxy) is 1. The minimum Gasteiger partial charge on any atom is -0.443 e. The summed E-state index contributed by atoms with van der Waals surface area (Å²) in [5, 5.41) is 7.69. The summed E-state index contributed by atoms with van der Waals surface area (Å²) in [6, 6.07) is 5.61. The second kappa shape index (κ2) is 4.56. The van der Waals surface area contributed by atoms with Gasteiger partial charge in [0.2, 0.25) is 0 Å². The number of hydrogen-bond acceptors (Lipinski definition) is 4. The minimum atomic E-state index is -0.525. The summed E-state index contributed by atoms with van der Waals surface area (Å²) in [6.07, 6.45) is 1.16. The van der Waals surface area contributed by atoms with Crippen molar-refractivity contribution in [3.05, 3.63) is 24.4 Å². The van der Waals surface area contributed by atoms with Crippen LogP contribution in [0.1, 0.15) is 20.8 Å². The lowest BCUT2D eigenvalue weighted by Gasteiger charge is -2.20. The van der Waals surface area contributed by atoms with E-state index in [4.69, 9.17) is 4.74 Å². The van der Waals surface area contributed by atoms with Crippen LogP contribution in [0.2, 0.25) is 0 Å². The maximum atomic E-state index is 11.5. The number of anilines is 1. The van der Waals surface area contributed by atoms with Crippen molar-refractivity contribution >= 4 is 22.7 Å². The van der Waals surface area contributed by atoms with Crippen LogP contribution in [0.4, 0.5) is 10.5 Å².